The van der Waals surface area contributed by atoms with E-state index in [1.807, 2.05) is 6.07 Å². The van der Waals surface area contributed by atoms with E-state index in [9.17, 15) is 9.59 Å². The van der Waals surface area contributed by atoms with E-state index in [0.717, 1.165) is 4.47 Å². The van der Waals surface area contributed by atoms with Crippen LogP contribution in [0, 0.1) is 0 Å². The molecule has 0 saturated carbocycles. The summed E-state index contributed by atoms with van der Waals surface area (Å²) in [6.45, 7) is 1.37. The monoisotopic (exact) mass is 468 g/mol. The Morgan fingerprint density at radius 2 is 1.71 bits per heavy atom. The van der Waals surface area contributed by atoms with Crippen molar-refractivity contribution in [1.82, 2.24) is 4.98 Å². The van der Waals surface area contributed by atoms with Crippen molar-refractivity contribution in [2.24, 2.45) is 0 Å². The number of Topliss-reactive ketones (excluding diaryl/α,β-unsaturated/α-hetero) is 1. The van der Waals surface area contributed by atoms with Crippen molar-refractivity contribution in [2.75, 3.05) is 5.32 Å². The van der Waals surface area contributed by atoms with Crippen molar-refractivity contribution in [3.8, 4) is 0 Å². The maximum Gasteiger partial charge on any atom is 0.203 e. The molecule has 0 saturated heterocycles. The van der Waals surface area contributed by atoms with E-state index in [2.05, 4.69) is 42.2 Å². The molecule has 0 radical (unpaired) electrons. The lowest BCUT2D eigenvalue weighted by molar-refractivity contribution is 0.101. The Balaban J connectivity index is 2.28. The first-order valence-electron chi connectivity index (χ1n) is 6.96. The molecule has 24 heavy (non-hydrogen) atoms. The number of H-pyrrole nitrogens is 1. The largest absolute Gasteiger partial charge is 0.341 e. The molecule has 0 unspecified atom stereocenters. The lowest BCUT2D eigenvalue weighted by Gasteiger charge is -2.13. The van der Waals surface area contributed by atoms with Gasteiger partial charge in [0.05, 0.1) is 10.9 Å². The highest BCUT2D eigenvalue weighted by Crippen LogP contribution is 2.30. The molecule has 0 bridgehead atoms. The Labute approximate surface area is 159 Å². The van der Waals surface area contributed by atoms with Gasteiger partial charge in [-0.05, 0) is 75.2 Å². The fourth-order valence-corrected chi connectivity index (χ4v) is 3.50. The number of anilines is 2. The summed E-state index contributed by atoms with van der Waals surface area (Å²) in [5, 5.41) is 4.12. The fraction of sp³-hybridized carbons (Fsp3) is 0.0588. The summed E-state index contributed by atoms with van der Waals surface area (Å²) in [6, 6.07) is 10.6. The zero-order chi connectivity index (χ0) is 17.4. The van der Waals surface area contributed by atoms with Crippen LogP contribution < -0.4 is 10.7 Å². The molecule has 3 rings (SSSR count). The number of aromatic nitrogens is 1. The number of halogens is 3. The summed E-state index contributed by atoms with van der Waals surface area (Å²) in [7, 11) is 0. The number of carbonyl (C=O) groups excluding carboxylic acids is 1. The Kier molecular flexibility index (Phi) is 4.80. The van der Waals surface area contributed by atoms with Crippen LogP contribution in [0.4, 0.5) is 11.5 Å². The van der Waals surface area contributed by atoms with Gasteiger partial charge in [0.15, 0.2) is 5.78 Å². The first-order chi connectivity index (χ1) is 11.4. The minimum Gasteiger partial charge on any atom is -0.341 e. The summed E-state index contributed by atoms with van der Waals surface area (Å²) in [4.78, 5) is 28.1. The quantitative estimate of drug-likeness (QED) is 0.486. The minimum absolute atomic E-state index is 0.0799. The molecule has 4 nitrogen and oxygen atoms in total. The van der Waals surface area contributed by atoms with Gasteiger partial charge in [0.2, 0.25) is 5.43 Å². The highest BCUT2D eigenvalue weighted by molar-refractivity contribution is 9.11. The molecule has 3 aromatic rings. The molecule has 2 aromatic carbocycles. The second kappa shape index (κ2) is 6.70. The molecule has 122 valence electrons. The summed E-state index contributed by atoms with van der Waals surface area (Å²) in [5.74, 6) is 0.0302. The standard InChI is InChI=1S/C17H11Br2ClN2O2/c1-8(23)13-16(24)14-11(18)6-7-12(19)15(14)22-17(13)21-10-4-2-9(20)3-5-10/h2-7H,1H3,(H2,21,22,24). The van der Waals surface area contributed by atoms with Gasteiger partial charge in [0.1, 0.15) is 11.4 Å². The van der Waals surface area contributed by atoms with Gasteiger partial charge in [-0.15, -0.1) is 0 Å². The molecule has 1 aromatic heterocycles. The Bertz CT molecular complexity index is 1010. The van der Waals surface area contributed by atoms with Crippen LogP contribution in [0.15, 0.2) is 50.1 Å². The maximum absolute atomic E-state index is 12.9. The van der Waals surface area contributed by atoms with Crippen LogP contribution in [-0.2, 0) is 0 Å². The third-order valence-electron chi connectivity index (χ3n) is 3.52. The number of ketones is 1. The van der Waals surface area contributed by atoms with E-state index in [4.69, 9.17) is 11.6 Å². The first-order valence-corrected chi connectivity index (χ1v) is 8.92. The third-order valence-corrected chi connectivity index (χ3v) is 5.10. The third kappa shape index (κ3) is 3.14. The lowest BCUT2D eigenvalue weighted by Crippen LogP contribution is -2.18. The zero-order valence-electron chi connectivity index (χ0n) is 12.4. The van der Waals surface area contributed by atoms with Crippen molar-refractivity contribution in [3.05, 3.63) is 66.2 Å². The van der Waals surface area contributed by atoms with Crippen LogP contribution >= 0.6 is 43.5 Å². The molecule has 2 N–H and O–H groups in total. The van der Waals surface area contributed by atoms with Crippen molar-refractivity contribution in [3.63, 3.8) is 0 Å². The normalized spacial score (nSPS) is 10.8. The number of pyridine rings is 1. The molecule has 0 aliphatic heterocycles. The molecule has 0 atom stereocenters. The number of nitrogens with one attached hydrogen (secondary N) is 2. The minimum atomic E-state index is -0.333. The number of rotatable bonds is 3. The summed E-state index contributed by atoms with van der Waals surface area (Å²) in [6.07, 6.45) is 0. The average Bonchev–Trinajstić information content (AvgIpc) is 2.52. The van der Waals surface area contributed by atoms with Crippen molar-refractivity contribution in [2.45, 2.75) is 6.92 Å². The van der Waals surface area contributed by atoms with Crippen LogP contribution in [0.5, 0.6) is 0 Å². The first kappa shape index (κ1) is 17.2. The van der Waals surface area contributed by atoms with E-state index >= 15 is 0 Å². The highest BCUT2D eigenvalue weighted by atomic mass is 79.9. The Hall–Kier alpha value is -1.63. The molecule has 0 amide bonds. The van der Waals surface area contributed by atoms with Crippen LogP contribution in [0.1, 0.15) is 17.3 Å². The molecule has 0 aliphatic rings. The number of carbonyl (C=O) groups is 1. The van der Waals surface area contributed by atoms with Gasteiger partial charge in [-0.2, -0.15) is 0 Å². The van der Waals surface area contributed by atoms with Crippen molar-refractivity contribution in [1.29, 1.82) is 0 Å². The number of aromatic amines is 1. The topological polar surface area (TPSA) is 62.0 Å². The zero-order valence-corrected chi connectivity index (χ0v) is 16.3. The van der Waals surface area contributed by atoms with Gasteiger partial charge in [0, 0.05) is 19.7 Å². The van der Waals surface area contributed by atoms with Gasteiger partial charge in [0.25, 0.3) is 0 Å². The van der Waals surface area contributed by atoms with E-state index in [1.165, 1.54) is 6.92 Å². The Morgan fingerprint density at radius 1 is 1.08 bits per heavy atom. The Morgan fingerprint density at radius 3 is 2.33 bits per heavy atom. The van der Waals surface area contributed by atoms with Gasteiger partial charge >= 0.3 is 0 Å². The molecule has 0 spiro atoms. The fourth-order valence-electron chi connectivity index (χ4n) is 2.43. The number of benzene rings is 2. The summed E-state index contributed by atoms with van der Waals surface area (Å²) < 4.78 is 1.36. The van der Waals surface area contributed by atoms with Gasteiger partial charge in [-0.25, -0.2) is 0 Å². The van der Waals surface area contributed by atoms with Crippen molar-refractivity contribution >= 4 is 71.7 Å². The summed E-state index contributed by atoms with van der Waals surface area (Å²) in [5.41, 5.74) is 1.07. The van der Waals surface area contributed by atoms with Gasteiger partial charge in [-0.1, -0.05) is 11.6 Å². The SMILES string of the molecule is CC(=O)c1c(Nc2ccc(Cl)cc2)[nH]c2c(Br)ccc(Br)c2c1=O. The van der Waals surface area contributed by atoms with E-state index in [1.54, 1.807) is 30.3 Å². The highest BCUT2D eigenvalue weighted by Gasteiger charge is 2.19. The van der Waals surface area contributed by atoms with Crippen LogP contribution in [0.25, 0.3) is 10.9 Å². The summed E-state index contributed by atoms with van der Waals surface area (Å²) >= 11 is 12.7. The van der Waals surface area contributed by atoms with E-state index in [-0.39, 0.29) is 16.8 Å². The van der Waals surface area contributed by atoms with Crippen LogP contribution in [-0.4, -0.2) is 10.8 Å². The number of hydrogen-bond donors (Lipinski definition) is 2. The molecule has 1 heterocycles. The van der Waals surface area contributed by atoms with Gasteiger partial charge < -0.3 is 10.3 Å². The predicted molar refractivity (Wildman–Crippen MR) is 105 cm³/mol. The molecular formula is C17H11Br2ClN2O2. The number of hydrogen-bond acceptors (Lipinski definition) is 3. The molecule has 0 aliphatic carbocycles. The second-order valence-electron chi connectivity index (χ2n) is 5.17. The smallest absolute Gasteiger partial charge is 0.203 e. The van der Waals surface area contributed by atoms with E-state index in [0.29, 0.717) is 31.9 Å². The van der Waals surface area contributed by atoms with Crippen LogP contribution in [0.3, 0.4) is 0 Å². The average molecular weight is 471 g/mol. The molecular weight excluding hydrogens is 459 g/mol. The lowest BCUT2D eigenvalue weighted by atomic mass is 10.1. The van der Waals surface area contributed by atoms with E-state index < -0.39 is 0 Å². The van der Waals surface area contributed by atoms with Crippen LogP contribution in [0.2, 0.25) is 5.02 Å². The molecule has 7 heteroatoms. The second-order valence-corrected chi connectivity index (χ2v) is 7.32. The maximum atomic E-state index is 12.9. The molecule has 0 fully saturated rings. The van der Waals surface area contributed by atoms with Crippen molar-refractivity contribution < 1.29 is 4.79 Å². The van der Waals surface area contributed by atoms with Gasteiger partial charge in [-0.3, -0.25) is 9.59 Å². The number of fused-ring (bicyclic) bond motifs is 1. The predicted octanol–water partition coefficient (Wildman–Crippen LogP) is 5.65.